The van der Waals surface area contributed by atoms with Gasteiger partial charge in [-0.25, -0.2) is 9.38 Å². The number of imidazole rings is 1. The van der Waals surface area contributed by atoms with Gasteiger partial charge in [-0.2, -0.15) is 8.42 Å². The summed E-state index contributed by atoms with van der Waals surface area (Å²) in [6, 6.07) is 18.3. The van der Waals surface area contributed by atoms with E-state index in [0.29, 0.717) is 25.6 Å². The molecule has 0 fully saturated rings. The molecular formula is C23H15ClN2O4S2. The lowest BCUT2D eigenvalue weighted by atomic mass is 10.2. The van der Waals surface area contributed by atoms with Crippen LogP contribution in [0.4, 0.5) is 0 Å². The molecule has 0 saturated heterocycles. The number of para-hydroxylation sites is 2. The van der Waals surface area contributed by atoms with Gasteiger partial charge < -0.3 is 4.18 Å². The zero-order valence-electron chi connectivity index (χ0n) is 16.7. The Hall–Kier alpha value is -3.20. The fraction of sp³-hybridized carbons (Fsp3) is 0.0435. The van der Waals surface area contributed by atoms with Crippen LogP contribution in [-0.2, 0) is 10.1 Å². The Balaban J connectivity index is 1.63. The summed E-state index contributed by atoms with van der Waals surface area (Å²) in [5.41, 5.74) is 2.51. The smallest absolute Gasteiger partial charge is 0.339 e. The lowest BCUT2D eigenvalue weighted by Gasteiger charge is -2.10. The predicted molar refractivity (Wildman–Crippen MR) is 126 cm³/mol. The van der Waals surface area contributed by atoms with E-state index >= 15 is 0 Å². The zero-order chi connectivity index (χ0) is 22.5. The molecule has 0 aliphatic carbocycles. The van der Waals surface area contributed by atoms with Gasteiger partial charge in [0.25, 0.3) is 5.56 Å². The van der Waals surface area contributed by atoms with Gasteiger partial charge in [0, 0.05) is 10.6 Å². The number of fused-ring (bicyclic) bond motifs is 3. The van der Waals surface area contributed by atoms with Crippen LogP contribution < -0.4 is 14.3 Å². The highest BCUT2D eigenvalue weighted by atomic mass is 35.5. The normalized spacial score (nSPS) is 12.6. The molecule has 0 unspecified atom stereocenters. The summed E-state index contributed by atoms with van der Waals surface area (Å²) in [7, 11) is -4.07. The van der Waals surface area contributed by atoms with E-state index in [1.54, 1.807) is 28.7 Å². The fourth-order valence-corrected chi connectivity index (χ4v) is 5.44. The molecule has 0 amide bonds. The minimum absolute atomic E-state index is 0.0366. The molecule has 6 nitrogen and oxygen atoms in total. The number of rotatable bonds is 4. The van der Waals surface area contributed by atoms with E-state index in [1.165, 1.54) is 35.6 Å². The summed E-state index contributed by atoms with van der Waals surface area (Å²) in [6.07, 6.45) is 1.57. The number of thiazole rings is 1. The molecule has 2 aromatic heterocycles. The SMILES string of the molecule is Cc1ccc(S(=O)(=O)Oc2ccc(Cl)cc2/C=c2\sc3nc4ccccc4n3c2=O)cc1. The Bertz CT molecular complexity index is 1710. The molecule has 0 N–H and O–H groups in total. The van der Waals surface area contributed by atoms with Gasteiger partial charge in [-0.3, -0.25) is 4.79 Å². The van der Waals surface area contributed by atoms with E-state index in [4.69, 9.17) is 15.8 Å². The van der Waals surface area contributed by atoms with Crippen molar-refractivity contribution in [2.45, 2.75) is 11.8 Å². The first-order valence-corrected chi connectivity index (χ1v) is 12.1. The van der Waals surface area contributed by atoms with E-state index in [0.717, 1.165) is 11.1 Å². The molecule has 0 bridgehead atoms. The molecule has 5 rings (SSSR count). The molecule has 2 heterocycles. The summed E-state index contributed by atoms with van der Waals surface area (Å²) in [5, 5.41) is 0.385. The fourth-order valence-electron chi connectivity index (χ4n) is 3.33. The monoisotopic (exact) mass is 482 g/mol. The van der Waals surface area contributed by atoms with Crippen molar-refractivity contribution in [3.05, 3.63) is 97.8 Å². The average Bonchev–Trinajstić information content (AvgIpc) is 3.26. The maximum Gasteiger partial charge on any atom is 0.339 e. The first-order chi connectivity index (χ1) is 15.3. The molecular weight excluding hydrogens is 468 g/mol. The number of nitrogens with zero attached hydrogens (tertiary/aromatic N) is 2. The molecule has 5 aromatic rings. The van der Waals surface area contributed by atoms with Gasteiger partial charge in [-0.15, -0.1) is 0 Å². The molecule has 0 saturated carbocycles. The minimum Gasteiger partial charge on any atom is -0.378 e. The molecule has 32 heavy (non-hydrogen) atoms. The summed E-state index contributed by atoms with van der Waals surface area (Å²) in [6.45, 7) is 1.87. The van der Waals surface area contributed by atoms with Crippen LogP contribution in [0.2, 0.25) is 5.02 Å². The summed E-state index contributed by atoms with van der Waals surface area (Å²) in [4.78, 5) is 18.1. The first kappa shape index (κ1) is 20.7. The van der Waals surface area contributed by atoms with Crippen molar-refractivity contribution in [2.24, 2.45) is 0 Å². The molecule has 0 aliphatic heterocycles. The largest absolute Gasteiger partial charge is 0.378 e. The van der Waals surface area contributed by atoms with Crippen molar-refractivity contribution < 1.29 is 12.6 Å². The van der Waals surface area contributed by atoms with Crippen LogP contribution in [-0.4, -0.2) is 17.8 Å². The average molecular weight is 483 g/mol. The van der Waals surface area contributed by atoms with Gasteiger partial charge in [-0.05, 0) is 55.5 Å². The minimum atomic E-state index is -4.07. The highest BCUT2D eigenvalue weighted by Crippen LogP contribution is 2.27. The molecule has 9 heteroatoms. The quantitative estimate of drug-likeness (QED) is 0.359. The summed E-state index contributed by atoms with van der Waals surface area (Å²) >= 11 is 7.36. The zero-order valence-corrected chi connectivity index (χ0v) is 19.0. The van der Waals surface area contributed by atoms with Crippen molar-refractivity contribution >= 4 is 55.1 Å². The molecule has 0 spiro atoms. The third-order valence-corrected chi connectivity index (χ3v) is 7.37. The Morgan fingerprint density at radius 1 is 1.06 bits per heavy atom. The molecule has 160 valence electrons. The van der Waals surface area contributed by atoms with E-state index in [1.807, 2.05) is 31.2 Å². The highest BCUT2D eigenvalue weighted by molar-refractivity contribution is 7.87. The molecule has 0 atom stereocenters. The maximum atomic E-state index is 13.1. The van der Waals surface area contributed by atoms with Crippen LogP contribution in [0.25, 0.3) is 22.1 Å². The van der Waals surface area contributed by atoms with Crippen molar-refractivity contribution in [1.82, 2.24) is 9.38 Å². The van der Waals surface area contributed by atoms with Gasteiger partial charge in [0.1, 0.15) is 10.6 Å². The maximum absolute atomic E-state index is 13.1. The number of hydrogen-bond donors (Lipinski definition) is 0. The van der Waals surface area contributed by atoms with Gasteiger partial charge in [0.05, 0.1) is 15.6 Å². The molecule has 0 aliphatic rings. The van der Waals surface area contributed by atoms with Crippen LogP contribution in [0, 0.1) is 6.92 Å². The third-order valence-electron chi connectivity index (χ3n) is 4.91. The van der Waals surface area contributed by atoms with Crippen molar-refractivity contribution in [1.29, 1.82) is 0 Å². The number of halogens is 1. The Morgan fingerprint density at radius 2 is 1.81 bits per heavy atom. The van der Waals surface area contributed by atoms with Crippen LogP contribution in [0.15, 0.2) is 76.4 Å². The van der Waals surface area contributed by atoms with Gasteiger partial charge in [0.2, 0.25) is 0 Å². The summed E-state index contributed by atoms with van der Waals surface area (Å²) < 4.78 is 32.9. The second-order valence-corrected chi connectivity index (χ2v) is 10.2. The van der Waals surface area contributed by atoms with Crippen molar-refractivity contribution in [3.63, 3.8) is 0 Å². The second kappa shape index (κ2) is 7.74. The van der Waals surface area contributed by atoms with Crippen LogP contribution in [0.3, 0.4) is 0 Å². The number of benzene rings is 3. The lowest BCUT2D eigenvalue weighted by molar-refractivity contribution is 0.485. The number of aryl methyl sites for hydroxylation is 1. The Labute approximate surface area is 192 Å². The molecule has 3 aromatic carbocycles. The van der Waals surface area contributed by atoms with Gasteiger partial charge in [-0.1, -0.05) is 52.8 Å². The van der Waals surface area contributed by atoms with E-state index in [9.17, 15) is 13.2 Å². The van der Waals surface area contributed by atoms with Crippen LogP contribution >= 0.6 is 22.9 Å². The topological polar surface area (TPSA) is 77.7 Å². The summed E-state index contributed by atoms with van der Waals surface area (Å²) in [5.74, 6) is 0.0743. The second-order valence-electron chi connectivity index (χ2n) is 7.17. The van der Waals surface area contributed by atoms with Gasteiger partial charge >= 0.3 is 10.1 Å². The number of hydrogen-bond acceptors (Lipinski definition) is 6. The van der Waals surface area contributed by atoms with E-state index < -0.39 is 10.1 Å². The Morgan fingerprint density at radius 3 is 2.59 bits per heavy atom. The standard InChI is InChI=1S/C23H15ClN2O4S2/c1-14-6-9-17(10-7-14)32(28,29)30-20-11-8-16(24)12-15(20)13-21-22(27)26-19-5-3-2-4-18(19)25-23(26)31-21/h2-13H,1H3/b21-13-. The van der Waals surface area contributed by atoms with Gasteiger partial charge in [0.15, 0.2) is 4.96 Å². The van der Waals surface area contributed by atoms with Crippen molar-refractivity contribution in [2.75, 3.05) is 0 Å². The predicted octanol–water partition coefficient (Wildman–Crippen LogP) is 4.19. The first-order valence-electron chi connectivity index (χ1n) is 9.54. The van der Waals surface area contributed by atoms with Crippen LogP contribution in [0.1, 0.15) is 11.1 Å². The third kappa shape index (κ3) is 3.66. The highest BCUT2D eigenvalue weighted by Gasteiger charge is 2.19. The molecule has 0 radical (unpaired) electrons. The lowest BCUT2D eigenvalue weighted by Crippen LogP contribution is -2.22. The van der Waals surface area contributed by atoms with Crippen molar-refractivity contribution in [3.8, 4) is 5.75 Å². The number of aromatic nitrogens is 2. The Kier molecular flexibility index (Phi) is 5.00. The van der Waals surface area contributed by atoms with E-state index in [2.05, 4.69) is 4.98 Å². The van der Waals surface area contributed by atoms with E-state index in [-0.39, 0.29) is 16.2 Å². The van der Waals surface area contributed by atoms with Crippen LogP contribution in [0.5, 0.6) is 5.75 Å².